The van der Waals surface area contributed by atoms with Gasteiger partial charge < -0.3 is 4.74 Å². The first-order valence-electron chi connectivity index (χ1n) is 6.22. The molecule has 0 aliphatic heterocycles. The molecular formula is C14H17NO3S2. The maximum atomic E-state index is 11.9. The van der Waals surface area contributed by atoms with Gasteiger partial charge in [-0.3, -0.25) is 0 Å². The molecule has 1 N–H and O–H groups in total. The van der Waals surface area contributed by atoms with Crippen molar-refractivity contribution in [3.05, 3.63) is 46.8 Å². The van der Waals surface area contributed by atoms with Crippen LogP contribution in [0.25, 0.3) is 0 Å². The molecule has 0 spiro atoms. The summed E-state index contributed by atoms with van der Waals surface area (Å²) in [7, 11) is -3.40. The first kappa shape index (κ1) is 15.0. The summed E-state index contributed by atoms with van der Waals surface area (Å²) in [5.41, 5.74) is 2.15. The van der Waals surface area contributed by atoms with Gasteiger partial charge in [0.2, 0.25) is 10.0 Å². The summed E-state index contributed by atoms with van der Waals surface area (Å²) in [5, 5.41) is 1.74. The molecule has 0 unspecified atom stereocenters. The van der Waals surface area contributed by atoms with Crippen molar-refractivity contribution in [2.75, 3.05) is 13.2 Å². The summed E-state index contributed by atoms with van der Waals surface area (Å²) < 4.78 is 32.2. The van der Waals surface area contributed by atoms with Crippen LogP contribution in [0, 0.1) is 13.8 Å². The van der Waals surface area contributed by atoms with Gasteiger partial charge in [-0.1, -0.05) is 18.2 Å². The third kappa shape index (κ3) is 3.82. The molecule has 108 valence electrons. The van der Waals surface area contributed by atoms with Crippen molar-refractivity contribution in [1.29, 1.82) is 0 Å². The van der Waals surface area contributed by atoms with Crippen molar-refractivity contribution in [1.82, 2.24) is 4.72 Å². The van der Waals surface area contributed by atoms with Gasteiger partial charge in [0.15, 0.2) is 0 Å². The first-order chi connectivity index (χ1) is 9.49. The highest BCUT2D eigenvalue weighted by Crippen LogP contribution is 2.19. The second kappa shape index (κ2) is 6.39. The molecule has 0 aliphatic carbocycles. The molecule has 0 fully saturated rings. The smallest absolute Gasteiger partial charge is 0.250 e. The van der Waals surface area contributed by atoms with Gasteiger partial charge in [0.05, 0.1) is 0 Å². The minimum atomic E-state index is -3.40. The highest BCUT2D eigenvalue weighted by atomic mass is 32.2. The molecule has 0 radical (unpaired) electrons. The molecule has 1 aromatic heterocycles. The molecule has 2 aromatic rings. The van der Waals surface area contributed by atoms with E-state index in [9.17, 15) is 8.42 Å². The molecule has 0 bridgehead atoms. The Morgan fingerprint density at radius 1 is 1.25 bits per heavy atom. The van der Waals surface area contributed by atoms with E-state index < -0.39 is 10.0 Å². The number of nitrogens with one attached hydrogen (secondary N) is 1. The number of thiophene rings is 1. The van der Waals surface area contributed by atoms with Gasteiger partial charge in [0.25, 0.3) is 0 Å². The van der Waals surface area contributed by atoms with Crippen LogP contribution < -0.4 is 9.46 Å². The van der Waals surface area contributed by atoms with Crippen molar-refractivity contribution in [2.24, 2.45) is 0 Å². The SMILES string of the molecule is Cc1ccc(C)c(OCCNS(=O)(=O)c2cccs2)c1. The number of rotatable bonds is 6. The molecule has 0 saturated carbocycles. The fourth-order valence-corrected chi connectivity index (χ4v) is 3.74. The molecule has 1 aromatic carbocycles. The van der Waals surface area contributed by atoms with E-state index in [4.69, 9.17) is 4.74 Å². The van der Waals surface area contributed by atoms with Crippen LogP contribution >= 0.6 is 11.3 Å². The summed E-state index contributed by atoms with van der Waals surface area (Å²) >= 11 is 1.20. The van der Waals surface area contributed by atoms with E-state index in [0.717, 1.165) is 16.9 Å². The molecule has 6 heteroatoms. The zero-order valence-electron chi connectivity index (χ0n) is 11.4. The number of sulfonamides is 1. The second-order valence-corrected chi connectivity index (χ2v) is 7.39. The lowest BCUT2D eigenvalue weighted by Gasteiger charge is -2.10. The van der Waals surface area contributed by atoms with E-state index in [0.29, 0.717) is 10.8 Å². The van der Waals surface area contributed by atoms with Crippen LogP contribution in [0.1, 0.15) is 11.1 Å². The molecule has 0 saturated heterocycles. The number of hydrogen-bond donors (Lipinski definition) is 1. The van der Waals surface area contributed by atoms with Gasteiger partial charge in [-0.15, -0.1) is 11.3 Å². The van der Waals surface area contributed by atoms with Gasteiger partial charge in [-0.25, -0.2) is 13.1 Å². The Bertz CT molecular complexity index is 664. The summed E-state index contributed by atoms with van der Waals surface area (Å²) in [4.78, 5) is 0. The molecule has 0 atom stereocenters. The topological polar surface area (TPSA) is 55.4 Å². The Morgan fingerprint density at radius 2 is 2.05 bits per heavy atom. The van der Waals surface area contributed by atoms with Crippen molar-refractivity contribution >= 4 is 21.4 Å². The number of ether oxygens (including phenoxy) is 1. The predicted molar refractivity (Wildman–Crippen MR) is 80.9 cm³/mol. The van der Waals surface area contributed by atoms with Gasteiger partial charge in [-0.05, 0) is 42.5 Å². The van der Waals surface area contributed by atoms with Gasteiger partial charge >= 0.3 is 0 Å². The zero-order valence-corrected chi connectivity index (χ0v) is 13.1. The normalized spacial score (nSPS) is 11.5. The van der Waals surface area contributed by atoms with Crippen LogP contribution in [0.15, 0.2) is 39.9 Å². The van der Waals surface area contributed by atoms with Gasteiger partial charge in [0, 0.05) is 6.54 Å². The predicted octanol–water partition coefficient (Wildman–Crippen LogP) is 2.72. The fraction of sp³-hybridized carbons (Fsp3) is 0.286. The van der Waals surface area contributed by atoms with E-state index in [2.05, 4.69) is 4.72 Å². The highest BCUT2D eigenvalue weighted by Gasteiger charge is 2.13. The quantitative estimate of drug-likeness (QED) is 0.835. The number of aryl methyl sites for hydroxylation is 2. The monoisotopic (exact) mass is 311 g/mol. The Balaban J connectivity index is 1.87. The van der Waals surface area contributed by atoms with E-state index in [1.165, 1.54) is 11.3 Å². The van der Waals surface area contributed by atoms with Gasteiger partial charge in [-0.2, -0.15) is 0 Å². The van der Waals surface area contributed by atoms with E-state index in [1.807, 2.05) is 32.0 Å². The van der Waals surface area contributed by atoms with Crippen LogP contribution in [-0.2, 0) is 10.0 Å². The average molecular weight is 311 g/mol. The number of benzene rings is 1. The number of hydrogen-bond acceptors (Lipinski definition) is 4. The first-order valence-corrected chi connectivity index (χ1v) is 8.58. The zero-order chi connectivity index (χ0) is 14.6. The van der Waals surface area contributed by atoms with E-state index in [-0.39, 0.29) is 6.54 Å². The Labute approximate surface area is 123 Å². The molecular weight excluding hydrogens is 294 g/mol. The maximum absolute atomic E-state index is 11.9. The van der Waals surface area contributed by atoms with E-state index in [1.54, 1.807) is 17.5 Å². The van der Waals surface area contributed by atoms with Crippen molar-refractivity contribution < 1.29 is 13.2 Å². The molecule has 4 nitrogen and oxygen atoms in total. The summed E-state index contributed by atoms with van der Waals surface area (Å²) in [6.45, 7) is 4.50. The Hall–Kier alpha value is -1.37. The van der Waals surface area contributed by atoms with Crippen molar-refractivity contribution in [3.63, 3.8) is 0 Å². The van der Waals surface area contributed by atoms with Crippen LogP contribution in [0.2, 0.25) is 0 Å². The summed E-state index contributed by atoms with van der Waals surface area (Å²) in [6, 6.07) is 9.25. The molecule has 2 rings (SSSR count). The van der Waals surface area contributed by atoms with Crippen LogP contribution in [0.4, 0.5) is 0 Å². The highest BCUT2D eigenvalue weighted by molar-refractivity contribution is 7.91. The summed E-state index contributed by atoms with van der Waals surface area (Å²) in [5.74, 6) is 0.792. The largest absolute Gasteiger partial charge is 0.492 e. The summed E-state index contributed by atoms with van der Waals surface area (Å²) in [6.07, 6.45) is 0. The lowest BCUT2D eigenvalue weighted by Crippen LogP contribution is -2.27. The molecule has 0 aliphatic rings. The van der Waals surface area contributed by atoms with Crippen LogP contribution in [0.3, 0.4) is 0 Å². The van der Waals surface area contributed by atoms with Crippen LogP contribution in [-0.4, -0.2) is 21.6 Å². The minimum Gasteiger partial charge on any atom is -0.492 e. The second-order valence-electron chi connectivity index (χ2n) is 4.45. The Kier molecular flexibility index (Phi) is 4.80. The van der Waals surface area contributed by atoms with Crippen molar-refractivity contribution in [2.45, 2.75) is 18.1 Å². The molecule has 20 heavy (non-hydrogen) atoms. The minimum absolute atomic E-state index is 0.244. The fourth-order valence-electron chi connectivity index (χ4n) is 1.69. The third-order valence-corrected chi connectivity index (χ3v) is 5.61. The molecule has 0 amide bonds. The van der Waals surface area contributed by atoms with Gasteiger partial charge in [0.1, 0.15) is 16.6 Å². The van der Waals surface area contributed by atoms with E-state index >= 15 is 0 Å². The third-order valence-electron chi connectivity index (χ3n) is 2.76. The Morgan fingerprint density at radius 3 is 2.75 bits per heavy atom. The van der Waals surface area contributed by atoms with Crippen molar-refractivity contribution in [3.8, 4) is 5.75 Å². The lowest BCUT2D eigenvalue weighted by molar-refractivity contribution is 0.320. The molecule has 1 heterocycles. The average Bonchev–Trinajstić information content (AvgIpc) is 2.93. The standard InChI is InChI=1S/C14H17NO3S2/c1-11-5-6-12(2)13(10-11)18-8-7-15-20(16,17)14-4-3-9-19-14/h3-6,9-10,15H,7-8H2,1-2H3. The lowest BCUT2D eigenvalue weighted by atomic mass is 10.1. The maximum Gasteiger partial charge on any atom is 0.250 e. The van der Waals surface area contributed by atoms with Crippen LogP contribution in [0.5, 0.6) is 5.75 Å².